The van der Waals surface area contributed by atoms with Crippen molar-refractivity contribution in [2.75, 3.05) is 6.54 Å². The monoisotopic (exact) mass is 277 g/mol. The van der Waals surface area contributed by atoms with Crippen molar-refractivity contribution >= 4 is 5.91 Å². The van der Waals surface area contributed by atoms with Crippen LogP contribution < -0.4 is 5.32 Å². The van der Waals surface area contributed by atoms with Gasteiger partial charge in [-0.25, -0.2) is 0 Å². The summed E-state index contributed by atoms with van der Waals surface area (Å²) in [6.07, 6.45) is 2.07. The van der Waals surface area contributed by atoms with Gasteiger partial charge >= 0.3 is 0 Å². The number of amides is 1. The van der Waals surface area contributed by atoms with Crippen LogP contribution in [0.15, 0.2) is 30.3 Å². The zero-order valence-electron chi connectivity index (χ0n) is 12.8. The van der Waals surface area contributed by atoms with Gasteiger partial charge in [0.05, 0.1) is 6.10 Å². The maximum Gasteiger partial charge on any atom is 0.220 e. The van der Waals surface area contributed by atoms with Crippen molar-refractivity contribution in [1.29, 1.82) is 0 Å². The zero-order chi connectivity index (χ0) is 15.0. The van der Waals surface area contributed by atoms with Crippen molar-refractivity contribution in [3.8, 4) is 0 Å². The average Bonchev–Trinajstić information content (AvgIpc) is 2.43. The van der Waals surface area contributed by atoms with Crippen LogP contribution in [0.25, 0.3) is 0 Å². The highest BCUT2D eigenvalue weighted by molar-refractivity contribution is 5.76. The van der Waals surface area contributed by atoms with Crippen LogP contribution in [0.4, 0.5) is 0 Å². The van der Waals surface area contributed by atoms with E-state index in [1.54, 1.807) is 0 Å². The first-order valence-corrected chi connectivity index (χ1v) is 7.47. The van der Waals surface area contributed by atoms with Crippen molar-refractivity contribution in [3.05, 3.63) is 35.9 Å². The van der Waals surface area contributed by atoms with E-state index >= 15 is 0 Å². The van der Waals surface area contributed by atoms with E-state index < -0.39 is 6.10 Å². The summed E-state index contributed by atoms with van der Waals surface area (Å²) in [7, 11) is 0. The minimum atomic E-state index is -0.460. The molecule has 1 aromatic rings. The van der Waals surface area contributed by atoms with Gasteiger partial charge in [-0.2, -0.15) is 0 Å². The Labute approximate surface area is 122 Å². The maximum absolute atomic E-state index is 11.8. The molecule has 20 heavy (non-hydrogen) atoms. The Kier molecular flexibility index (Phi) is 7.31. The minimum absolute atomic E-state index is 0.0326. The third-order valence-electron chi connectivity index (χ3n) is 3.58. The fourth-order valence-electron chi connectivity index (χ4n) is 2.00. The van der Waals surface area contributed by atoms with Crippen LogP contribution in [0.2, 0.25) is 0 Å². The summed E-state index contributed by atoms with van der Waals surface area (Å²) in [4.78, 5) is 11.8. The Morgan fingerprint density at radius 1 is 1.20 bits per heavy atom. The van der Waals surface area contributed by atoms with Gasteiger partial charge in [0.2, 0.25) is 5.91 Å². The number of aliphatic hydroxyl groups excluding tert-OH is 1. The number of hydrogen-bond donors (Lipinski definition) is 2. The van der Waals surface area contributed by atoms with E-state index in [4.69, 9.17) is 0 Å². The molecule has 2 atom stereocenters. The predicted molar refractivity (Wildman–Crippen MR) is 82.4 cm³/mol. The number of aliphatic hydroxyl groups is 1. The first-order valence-electron chi connectivity index (χ1n) is 7.47. The number of aryl methyl sites for hydroxylation is 1. The summed E-state index contributed by atoms with van der Waals surface area (Å²) in [5, 5.41) is 12.5. The molecule has 1 aromatic carbocycles. The molecule has 0 fully saturated rings. The summed E-state index contributed by atoms with van der Waals surface area (Å²) < 4.78 is 0. The van der Waals surface area contributed by atoms with Gasteiger partial charge in [0.1, 0.15) is 0 Å². The van der Waals surface area contributed by atoms with Crippen molar-refractivity contribution in [3.63, 3.8) is 0 Å². The topological polar surface area (TPSA) is 49.3 Å². The van der Waals surface area contributed by atoms with Crippen LogP contribution in [0.5, 0.6) is 0 Å². The molecule has 3 heteroatoms. The fourth-order valence-corrected chi connectivity index (χ4v) is 2.00. The van der Waals surface area contributed by atoms with Gasteiger partial charge in [0.25, 0.3) is 0 Å². The highest BCUT2D eigenvalue weighted by atomic mass is 16.3. The lowest BCUT2D eigenvalue weighted by atomic mass is 9.98. The summed E-state index contributed by atoms with van der Waals surface area (Å²) in [6, 6.07) is 10.3. The molecule has 0 aliphatic heterocycles. The molecule has 2 N–H and O–H groups in total. The SMILES string of the molecule is CC(CCc1ccccc1)CC(=O)NCC(O)C(C)C. The summed E-state index contributed by atoms with van der Waals surface area (Å²) in [6.45, 7) is 6.34. The van der Waals surface area contributed by atoms with Gasteiger partial charge in [0, 0.05) is 13.0 Å². The Bertz CT molecular complexity index is 389. The molecule has 0 radical (unpaired) electrons. The first kappa shape index (κ1) is 16.7. The van der Waals surface area contributed by atoms with Crippen molar-refractivity contribution in [1.82, 2.24) is 5.32 Å². The van der Waals surface area contributed by atoms with Gasteiger partial charge in [-0.1, -0.05) is 51.1 Å². The number of nitrogens with one attached hydrogen (secondary N) is 1. The molecular formula is C17H27NO2. The molecule has 3 nitrogen and oxygen atoms in total. The summed E-state index contributed by atoms with van der Waals surface area (Å²) in [5.41, 5.74) is 1.31. The van der Waals surface area contributed by atoms with Crippen molar-refractivity contribution < 1.29 is 9.90 Å². The molecule has 0 heterocycles. The second-order valence-corrected chi connectivity index (χ2v) is 5.95. The Morgan fingerprint density at radius 3 is 2.45 bits per heavy atom. The quantitative estimate of drug-likeness (QED) is 0.767. The van der Waals surface area contributed by atoms with Gasteiger partial charge in [-0.15, -0.1) is 0 Å². The Hall–Kier alpha value is -1.35. The third kappa shape index (κ3) is 6.71. The van der Waals surface area contributed by atoms with Crippen LogP contribution in [0.3, 0.4) is 0 Å². The molecule has 1 rings (SSSR count). The number of benzene rings is 1. The van der Waals surface area contributed by atoms with E-state index in [0.717, 1.165) is 12.8 Å². The van der Waals surface area contributed by atoms with E-state index in [9.17, 15) is 9.90 Å². The standard InChI is InChI=1S/C17H27NO2/c1-13(2)16(19)12-18-17(20)11-14(3)9-10-15-7-5-4-6-8-15/h4-8,13-14,16,19H,9-12H2,1-3H3,(H,18,20). The smallest absolute Gasteiger partial charge is 0.220 e. The predicted octanol–water partition coefficient (Wildman–Crippen LogP) is 2.78. The van der Waals surface area contributed by atoms with Crippen molar-refractivity contribution in [2.45, 2.75) is 46.1 Å². The lowest BCUT2D eigenvalue weighted by Gasteiger charge is -2.16. The van der Waals surface area contributed by atoms with Gasteiger partial charge in [0.15, 0.2) is 0 Å². The minimum Gasteiger partial charge on any atom is -0.391 e. The molecule has 0 aliphatic rings. The van der Waals surface area contributed by atoms with E-state index in [2.05, 4.69) is 24.4 Å². The third-order valence-corrected chi connectivity index (χ3v) is 3.58. The maximum atomic E-state index is 11.8. The number of rotatable bonds is 8. The van der Waals surface area contributed by atoms with E-state index in [1.807, 2.05) is 32.0 Å². The summed E-state index contributed by atoms with van der Waals surface area (Å²) >= 11 is 0. The normalized spacial score (nSPS) is 14.1. The molecule has 0 aromatic heterocycles. The number of carbonyl (C=O) groups is 1. The van der Waals surface area contributed by atoms with E-state index in [1.165, 1.54) is 5.56 Å². The highest BCUT2D eigenvalue weighted by Crippen LogP contribution is 2.12. The number of carbonyl (C=O) groups excluding carboxylic acids is 1. The fraction of sp³-hybridized carbons (Fsp3) is 0.588. The first-order chi connectivity index (χ1) is 9.49. The highest BCUT2D eigenvalue weighted by Gasteiger charge is 2.13. The molecule has 0 aliphatic carbocycles. The van der Waals surface area contributed by atoms with Gasteiger partial charge in [-0.05, 0) is 30.2 Å². The Morgan fingerprint density at radius 2 is 1.85 bits per heavy atom. The molecule has 0 saturated carbocycles. The molecule has 2 unspecified atom stereocenters. The second-order valence-electron chi connectivity index (χ2n) is 5.95. The lowest BCUT2D eigenvalue weighted by Crippen LogP contribution is -2.35. The zero-order valence-corrected chi connectivity index (χ0v) is 12.8. The molecule has 0 saturated heterocycles. The second kappa shape index (κ2) is 8.75. The molecular weight excluding hydrogens is 250 g/mol. The van der Waals surface area contributed by atoms with Crippen LogP contribution in [-0.4, -0.2) is 23.7 Å². The van der Waals surface area contributed by atoms with Crippen LogP contribution in [0.1, 0.15) is 39.2 Å². The summed E-state index contributed by atoms with van der Waals surface area (Å²) in [5.74, 6) is 0.558. The van der Waals surface area contributed by atoms with Crippen LogP contribution in [0, 0.1) is 11.8 Å². The van der Waals surface area contributed by atoms with Crippen LogP contribution in [-0.2, 0) is 11.2 Å². The molecule has 112 valence electrons. The number of hydrogen-bond acceptors (Lipinski definition) is 2. The largest absolute Gasteiger partial charge is 0.391 e. The van der Waals surface area contributed by atoms with Gasteiger partial charge < -0.3 is 10.4 Å². The Balaban J connectivity index is 2.21. The molecule has 0 spiro atoms. The van der Waals surface area contributed by atoms with Gasteiger partial charge in [-0.3, -0.25) is 4.79 Å². The van der Waals surface area contributed by atoms with E-state index in [0.29, 0.717) is 18.9 Å². The average molecular weight is 277 g/mol. The van der Waals surface area contributed by atoms with Crippen molar-refractivity contribution in [2.24, 2.45) is 11.8 Å². The lowest BCUT2D eigenvalue weighted by molar-refractivity contribution is -0.122. The molecule has 0 bridgehead atoms. The van der Waals surface area contributed by atoms with Crippen LogP contribution >= 0.6 is 0 Å². The molecule has 1 amide bonds. The van der Waals surface area contributed by atoms with E-state index in [-0.39, 0.29) is 11.8 Å².